The van der Waals surface area contributed by atoms with Crippen LogP contribution >= 0.6 is 0 Å². The highest BCUT2D eigenvalue weighted by Crippen LogP contribution is 2.14. The summed E-state index contributed by atoms with van der Waals surface area (Å²) in [5, 5.41) is 3.52. The largest absolute Gasteiger partial charge is 0.342 e. The third kappa shape index (κ3) is 2.82. The molecule has 1 N–H and O–H groups in total. The van der Waals surface area contributed by atoms with Gasteiger partial charge in [-0.05, 0) is 32.0 Å². The van der Waals surface area contributed by atoms with Gasteiger partial charge in [0, 0.05) is 37.4 Å². The molecule has 4 nitrogen and oxygen atoms in total. The molecule has 0 saturated heterocycles. The Labute approximate surface area is 109 Å². The monoisotopic (exact) mass is 246 g/mol. The molecule has 18 heavy (non-hydrogen) atoms. The molecular formula is C14H22N4. The molecular weight excluding hydrogens is 224 g/mol. The standard InChI is InChI=1S/C14H22N4/c1-4-7-15-12(2)13-6-5-9-18(13)11-14-16-8-10-17(14)3/h5-6,8-10,12,15H,4,7,11H2,1-3H3. The Hall–Kier alpha value is -1.55. The summed E-state index contributed by atoms with van der Waals surface area (Å²) < 4.78 is 4.32. The lowest BCUT2D eigenvalue weighted by atomic mass is 10.2. The third-order valence-corrected chi connectivity index (χ3v) is 3.24. The molecule has 0 aromatic carbocycles. The lowest BCUT2D eigenvalue weighted by Gasteiger charge is -2.16. The maximum absolute atomic E-state index is 4.37. The minimum absolute atomic E-state index is 0.375. The van der Waals surface area contributed by atoms with Gasteiger partial charge in [-0.15, -0.1) is 0 Å². The highest BCUT2D eigenvalue weighted by atomic mass is 15.1. The molecule has 0 saturated carbocycles. The Morgan fingerprint density at radius 1 is 1.39 bits per heavy atom. The van der Waals surface area contributed by atoms with Gasteiger partial charge in [0.25, 0.3) is 0 Å². The molecule has 0 amide bonds. The number of imidazole rings is 1. The molecule has 1 unspecified atom stereocenters. The molecule has 2 heterocycles. The van der Waals surface area contributed by atoms with Crippen molar-refractivity contribution in [2.45, 2.75) is 32.9 Å². The van der Waals surface area contributed by atoms with Gasteiger partial charge in [-0.3, -0.25) is 0 Å². The van der Waals surface area contributed by atoms with Crippen LogP contribution in [-0.2, 0) is 13.6 Å². The Bertz CT molecular complexity index is 483. The summed E-state index contributed by atoms with van der Waals surface area (Å²) in [7, 11) is 2.03. The molecule has 0 aliphatic heterocycles. The van der Waals surface area contributed by atoms with E-state index < -0.39 is 0 Å². The van der Waals surface area contributed by atoms with Crippen LogP contribution in [0.4, 0.5) is 0 Å². The Morgan fingerprint density at radius 2 is 2.22 bits per heavy atom. The number of aromatic nitrogens is 3. The van der Waals surface area contributed by atoms with Crippen LogP contribution < -0.4 is 5.32 Å². The predicted octanol–water partition coefficient (Wildman–Crippen LogP) is 2.33. The van der Waals surface area contributed by atoms with Crippen molar-refractivity contribution in [3.8, 4) is 0 Å². The van der Waals surface area contributed by atoms with Crippen LogP contribution in [0.25, 0.3) is 0 Å². The summed E-state index contributed by atoms with van der Waals surface area (Å²) in [6.07, 6.45) is 7.10. The first-order valence-electron chi connectivity index (χ1n) is 6.57. The van der Waals surface area contributed by atoms with Gasteiger partial charge >= 0.3 is 0 Å². The Morgan fingerprint density at radius 3 is 2.89 bits per heavy atom. The molecule has 0 fully saturated rings. The maximum atomic E-state index is 4.37. The van der Waals surface area contributed by atoms with Crippen LogP contribution in [0.5, 0.6) is 0 Å². The number of hydrogen-bond donors (Lipinski definition) is 1. The van der Waals surface area contributed by atoms with Gasteiger partial charge in [-0.2, -0.15) is 0 Å². The SMILES string of the molecule is CCCNC(C)c1cccn1Cc1nccn1C. The third-order valence-electron chi connectivity index (χ3n) is 3.24. The summed E-state index contributed by atoms with van der Waals surface area (Å²) in [6.45, 7) is 6.27. The molecule has 0 bridgehead atoms. The fraction of sp³-hybridized carbons (Fsp3) is 0.500. The molecule has 0 aliphatic rings. The van der Waals surface area contributed by atoms with E-state index in [9.17, 15) is 0 Å². The molecule has 0 spiro atoms. The van der Waals surface area contributed by atoms with Crippen molar-refractivity contribution < 1.29 is 0 Å². The molecule has 0 aliphatic carbocycles. The van der Waals surface area contributed by atoms with Gasteiger partial charge in [0.15, 0.2) is 0 Å². The van der Waals surface area contributed by atoms with E-state index in [1.165, 1.54) is 5.69 Å². The van der Waals surface area contributed by atoms with Crippen LogP contribution in [0.15, 0.2) is 30.7 Å². The van der Waals surface area contributed by atoms with Crippen LogP contribution in [0.2, 0.25) is 0 Å². The molecule has 1 atom stereocenters. The first kappa shape index (κ1) is 12.9. The van der Waals surface area contributed by atoms with Gasteiger partial charge in [0.2, 0.25) is 0 Å². The van der Waals surface area contributed by atoms with Crippen LogP contribution in [0.1, 0.15) is 37.8 Å². The van der Waals surface area contributed by atoms with E-state index >= 15 is 0 Å². The molecule has 2 aromatic heterocycles. The van der Waals surface area contributed by atoms with Crippen LogP contribution in [0, 0.1) is 0 Å². The predicted molar refractivity (Wildman–Crippen MR) is 73.5 cm³/mol. The van der Waals surface area contributed by atoms with Gasteiger partial charge < -0.3 is 14.5 Å². The minimum Gasteiger partial charge on any atom is -0.342 e. The zero-order valence-corrected chi connectivity index (χ0v) is 11.4. The van der Waals surface area contributed by atoms with Crippen molar-refractivity contribution in [2.24, 2.45) is 7.05 Å². The van der Waals surface area contributed by atoms with E-state index in [2.05, 4.69) is 51.6 Å². The fourth-order valence-corrected chi connectivity index (χ4v) is 2.13. The van der Waals surface area contributed by atoms with Crippen molar-refractivity contribution >= 4 is 0 Å². The van der Waals surface area contributed by atoms with E-state index in [0.717, 1.165) is 25.3 Å². The van der Waals surface area contributed by atoms with E-state index in [4.69, 9.17) is 0 Å². The second kappa shape index (κ2) is 5.87. The molecule has 0 radical (unpaired) electrons. The summed E-state index contributed by atoms with van der Waals surface area (Å²) in [4.78, 5) is 4.37. The molecule has 4 heteroatoms. The highest BCUT2D eigenvalue weighted by molar-refractivity contribution is 5.13. The average Bonchev–Trinajstić information content (AvgIpc) is 2.97. The van der Waals surface area contributed by atoms with E-state index in [-0.39, 0.29) is 0 Å². The van der Waals surface area contributed by atoms with Crippen LogP contribution in [0.3, 0.4) is 0 Å². The van der Waals surface area contributed by atoms with Gasteiger partial charge in [-0.1, -0.05) is 6.92 Å². The van der Waals surface area contributed by atoms with E-state index in [0.29, 0.717) is 6.04 Å². The number of rotatable bonds is 6. The second-order valence-electron chi connectivity index (χ2n) is 4.69. The van der Waals surface area contributed by atoms with Crippen molar-refractivity contribution in [3.05, 3.63) is 42.2 Å². The fourth-order valence-electron chi connectivity index (χ4n) is 2.13. The Kier molecular flexibility index (Phi) is 4.20. The molecule has 98 valence electrons. The average molecular weight is 246 g/mol. The van der Waals surface area contributed by atoms with Gasteiger partial charge in [-0.25, -0.2) is 4.98 Å². The lowest BCUT2D eigenvalue weighted by molar-refractivity contribution is 0.529. The summed E-state index contributed by atoms with van der Waals surface area (Å²) in [6, 6.07) is 4.65. The highest BCUT2D eigenvalue weighted by Gasteiger charge is 2.10. The smallest absolute Gasteiger partial charge is 0.128 e. The lowest BCUT2D eigenvalue weighted by Crippen LogP contribution is -2.22. The van der Waals surface area contributed by atoms with E-state index in [1.807, 2.05) is 19.4 Å². The van der Waals surface area contributed by atoms with Crippen LogP contribution in [-0.4, -0.2) is 20.7 Å². The maximum Gasteiger partial charge on any atom is 0.128 e. The second-order valence-corrected chi connectivity index (χ2v) is 4.69. The van der Waals surface area contributed by atoms with Gasteiger partial charge in [0.1, 0.15) is 5.82 Å². The van der Waals surface area contributed by atoms with Crippen molar-refractivity contribution in [1.82, 2.24) is 19.4 Å². The van der Waals surface area contributed by atoms with Crippen molar-refractivity contribution in [1.29, 1.82) is 0 Å². The zero-order chi connectivity index (χ0) is 13.0. The summed E-state index contributed by atoms with van der Waals surface area (Å²) in [5.74, 6) is 1.08. The van der Waals surface area contributed by atoms with Gasteiger partial charge in [0.05, 0.1) is 6.54 Å². The molecule has 2 rings (SSSR count). The van der Waals surface area contributed by atoms with E-state index in [1.54, 1.807) is 0 Å². The molecule has 2 aromatic rings. The number of nitrogens with one attached hydrogen (secondary N) is 1. The topological polar surface area (TPSA) is 34.8 Å². The minimum atomic E-state index is 0.375. The summed E-state index contributed by atoms with van der Waals surface area (Å²) in [5.41, 5.74) is 1.31. The number of nitrogens with zero attached hydrogens (tertiary/aromatic N) is 3. The quantitative estimate of drug-likeness (QED) is 0.849. The first-order chi connectivity index (χ1) is 8.72. The van der Waals surface area contributed by atoms with Crippen molar-refractivity contribution in [2.75, 3.05) is 6.54 Å². The zero-order valence-electron chi connectivity index (χ0n) is 11.4. The van der Waals surface area contributed by atoms with Crippen molar-refractivity contribution in [3.63, 3.8) is 0 Å². The number of aryl methyl sites for hydroxylation is 1. The first-order valence-corrected chi connectivity index (χ1v) is 6.57. The Balaban J connectivity index is 2.10. The normalized spacial score (nSPS) is 12.8. The number of hydrogen-bond acceptors (Lipinski definition) is 2. The summed E-state index contributed by atoms with van der Waals surface area (Å²) >= 11 is 0.